The summed E-state index contributed by atoms with van der Waals surface area (Å²) in [7, 11) is 0. The van der Waals surface area contributed by atoms with Crippen molar-refractivity contribution in [3.63, 3.8) is 0 Å². The van der Waals surface area contributed by atoms with Crippen LogP contribution >= 0.6 is 27.5 Å². The van der Waals surface area contributed by atoms with E-state index < -0.39 is 0 Å². The van der Waals surface area contributed by atoms with Crippen LogP contribution in [0.25, 0.3) is 0 Å². The minimum atomic E-state index is 0.348. The molecule has 88 valence electrons. The van der Waals surface area contributed by atoms with Crippen LogP contribution in [0.3, 0.4) is 0 Å². The zero-order valence-corrected chi connectivity index (χ0v) is 11.6. The maximum absolute atomic E-state index is 6.13. The van der Waals surface area contributed by atoms with Crippen molar-refractivity contribution in [1.29, 1.82) is 0 Å². The molecule has 0 N–H and O–H groups in total. The average molecular weight is 304 g/mol. The lowest BCUT2D eigenvalue weighted by Crippen LogP contribution is -2.15. The van der Waals surface area contributed by atoms with Crippen LogP contribution in [0, 0.1) is 0 Å². The molecule has 0 aromatic heterocycles. The van der Waals surface area contributed by atoms with Crippen LogP contribution < -0.4 is 4.74 Å². The molecule has 0 unspecified atom stereocenters. The number of benzene rings is 1. The second kappa shape index (κ2) is 5.92. The van der Waals surface area contributed by atoms with Crippen molar-refractivity contribution in [1.82, 2.24) is 0 Å². The molecule has 0 amide bonds. The van der Waals surface area contributed by atoms with Crippen LogP contribution in [-0.4, -0.2) is 6.10 Å². The summed E-state index contributed by atoms with van der Waals surface area (Å²) in [6, 6.07) is 5.79. The molecule has 16 heavy (non-hydrogen) atoms. The number of hydrogen-bond acceptors (Lipinski definition) is 1. The van der Waals surface area contributed by atoms with E-state index in [0.717, 1.165) is 23.1 Å². The smallest absolute Gasteiger partial charge is 0.138 e. The molecule has 0 saturated heterocycles. The largest absolute Gasteiger partial charge is 0.489 e. The second-order valence-electron chi connectivity index (χ2n) is 4.31. The third-order valence-corrected chi connectivity index (χ3v) is 3.78. The molecular formula is C13H16BrClO. The van der Waals surface area contributed by atoms with Crippen LogP contribution in [0.1, 0.15) is 38.5 Å². The predicted octanol–water partition coefficient (Wildman–Crippen LogP) is 5.20. The Morgan fingerprint density at radius 1 is 1.12 bits per heavy atom. The molecule has 1 aliphatic carbocycles. The maximum Gasteiger partial charge on any atom is 0.138 e. The molecule has 0 spiro atoms. The molecule has 1 saturated carbocycles. The highest BCUT2D eigenvalue weighted by Gasteiger charge is 2.14. The van der Waals surface area contributed by atoms with Crippen LogP contribution in [0.4, 0.5) is 0 Å². The molecule has 0 aliphatic heterocycles. The lowest BCUT2D eigenvalue weighted by Gasteiger charge is -2.17. The summed E-state index contributed by atoms with van der Waals surface area (Å²) in [6.07, 6.45) is 7.90. The van der Waals surface area contributed by atoms with Gasteiger partial charge in [-0.2, -0.15) is 0 Å². The molecule has 1 aliphatic rings. The van der Waals surface area contributed by atoms with Crippen molar-refractivity contribution in [3.8, 4) is 5.75 Å². The number of ether oxygens (including phenoxy) is 1. The zero-order chi connectivity index (χ0) is 11.4. The van der Waals surface area contributed by atoms with Gasteiger partial charge in [-0.25, -0.2) is 0 Å². The Morgan fingerprint density at radius 3 is 2.44 bits per heavy atom. The van der Waals surface area contributed by atoms with E-state index in [1.807, 2.05) is 18.2 Å². The molecule has 3 heteroatoms. The maximum atomic E-state index is 6.13. The van der Waals surface area contributed by atoms with Gasteiger partial charge in [0.05, 0.1) is 11.1 Å². The van der Waals surface area contributed by atoms with Gasteiger partial charge < -0.3 is 4.74 Å². The summed E-state index contributed by atoms with van der Waals surface area (Å²) in [6.45, 7) is 0. The van der Waals surface area contributed by atoms with Gasteiger partial charge >= 0.3 is 0 Å². The summed E-state index contributed by atoms with van der Waals surface area (Å²) in [4.78, 5) is 0. The Kier molecular flexibility index (Phi) is 4.54. The first-order valence-electron chi connectivity index (χ1n) is 5.87. The Balaban J connectivity index is 2.01. The fraction of sp³-hybridized carbons (Fsp3) is 0.538. The van der Waals surface area contributed by atoms with Gasteiger partial charge in [0.2, 0.25) is 0 Å². The van der Waals surface area contributed by atoms with E-state index in [4.69, 9.17) is 16.3 Å². The minimum absolute atomic E-state index is 0.348. The lowest BCUT2D eigenvalue weighted by atomic mass is 10.1. The quantitative estimate of drug-likeness (QED) is 0.682. The Hall–Kier alpha value is -0.210. The highest BCUT2D eigenvalue weighted by Crippen LogP contribution is 2.30. The van der Waals surface area contributed by atoms with E-state index in [1.54, 1.807) is 0 Å². The van der Waals surface area contributed by atoms with Crippen molar-refractivity contribution in [2.75, 3.05) is 0 Å². The summed E-state index contributed by atoms with van der Waals surface area (Å²) in [5, 5.41) is 0.693. The SMILES string of the molecule is Clc1cc(Br)ccc1OC1CCCCCC1. The lowest BCUT2D eigenvalue weighted by molar-refractivity contribution is 0.184. The van der Waals surface area contributed by atoms with Gasteiger partial charge in [-0.1, -0.05) is 40.4 Å². The monoisotopic (exact) mass is 302 g/mol. The summed E-state index contributed by atoms with van der Waals surface area (Å²) in [5.74, 6) is 0.816. The van der Waals surface area contributed by atoms with Gasteiger partial charge in [-0.3, -0.25) is 0 Å². The highest BCUT2D eigenvalue weighted by atomic mass is 79.9. The van der Waals surface area contributed by atoms with Crippen molar-refractivity contribution < 1.29 is 4.74 Å². The molecular weight excluding hydrogens is 287 g/mol. The third kappa shape index (κ3) is 3.39. The molecule has 1 aromatic rings. The number of halogens is 2. The number of rotatable bonds is 2. The standard InChI is InChI=1S/C13H16BrClO/c14-10-7-8-13(12(15)9-10)16-11-5-3-1-2-4-6-11/h7-9,11H,1-6H2. The zero-order valence-electron chi connectivity index (χ0n) is 9.22. The van der Waals surface area contributed by atoms with Crippen molar-refractivity contribution in [3.05, 3.63) is 27.7 Å². The molecule has 0 heterocycles. The molecule has 1 aromatic carbocycles. The fourth-order valence-electron chi connectivity index (χ4n) is 2.11. The van der Waals surface area contributed by atoms with Crippen molar-refractivity contribution in [2.24, 2.45) is 0 Å². The topological polar surface area (TPSA) is 9.23 Å². The van der Waals surface area contributed by atoms with Gasteiger partial charge in [0.15, 0.2) is 0 Å². The average Bonchev–Trinajstić information content (AvgIpc) is 2.51. The van der Waals surface area contributed by atoms with Gasteiger partial charge in [-0.05, 0) is 43.9 Å². The summed E-state index contributed by atoms with van der Waals surface area (Å²) >= 11 is 9.53. The van der Waals surface area contributed by atoms with Crippen molar-refractivity contribution in [2.45, 2.75) is 44.6 Å². The Labute approximate surface area is 110 Å². The van der Waals surface area contributed by atoms with Gasteiger partial charge in [0.25, 0.3) is 0 Å². The normalized spacial score (nSPS) is 18.1. The van der Waals surface area contributed by atoms with E-state index in [2.05, 4.69) is 15.9 Å². The van der Waals surface area contributed by atoms with Crippen LogP contribution in [0.2, 0.25) is 5.02 Å². The van der Waals surface area contributed by atoms with Gasteiger partial charge in [-0.15, -0.1) is 0 Å². The minimum Gasteiger partial charge on any atom is -0.489 e. The molecule has 1 fully saturated rings. The van der Waals surface area contributed by atoms with Gasteiger partial charge in [0, 0.05) is 4.47 Å². The summed E-state index contributed by atoms with van der Waals surface area (Å²) in [5.41, 5.74) is 0. The molecule has 2 rings (SSSR count). The van der Waals surface area contributed by atoms with E-state index >= 15 is 0 Å². The first-order chi connectivity index (χ1) is 7.75. The molecule has 1 nitrogen and oxygen atoms in total. The third-order valence-electron chi connectivity index (χ3n) is 2.99. The first kappa shape index (κ1) is 12.3. The van der Waals surface area contributed by atoms with Crippen molar-refractivity contribution >= 4 is 27.5 Å². The van der Waals surface area contributed by atoms with E-state index in [0.29, 0.717) is 11.1 Å². The van der Waals surface area contributed by atoms with Crippen LogP contribution in [0.5, 0.6) is 5.75 Å². The molecule has 0 bridgehead atoms. The Bertz CT molecular complexity index is 346. The molecule has 0 radical (unpaired) electrons. The van der Waals surface area contributed by atoms with Crippen LogP contribution in [-0.2, 0) is 0 Å². The van der Waals surface area contributed by atoms with Gasteiger partial charge in [0.1, 0.15) is 5.75 Å². The van der Waals surface area contributed by atoms with Crippen LogP contribution in [0.15, 0.2) is 22.7 Å². The highest BCUT2D eigenvalue weighted by molar-refractivity contribution is 9.10. The fourth-order valence-corrected chi connectivity index (χ4v) is 2.83. The van der Waals surface area contributed by atoms with E-state index in [9.17, 15) is 0 Å². The van der Waals surface area contributed by atoms with E-state index in [1.165, 1.54) is 25.7 Å². The second-order valence-corrected chi connectivity index (χ2v) is 5.63. The number of hydrogen-bond donors (Lipinski definition) is 0. The predicted molar refractivity (Wildman–Crippen MR) is 71.3 cm³/mol. The Morgan fingerprint density at radius 2 is 1.81 bits per heavy atom. The molecule has 0 atom stereocenters. The first-order valence-corrected chi connectivity index (χ1v) is 7.04. The van der Waals surface area contributed by atoms with E-state index in [-0.39, 0.29) is 0 Å². The summed E-state index contributed by atoms with van der Waals surface area (Å²) < 4.78 is 6.96.